The molecule has 0 aromatic carbocycles. The number of carbonyl (C=O) groups excluding carboxylic acids is 1. The van der Waals surface area contributed by atoms with Gasteiger partial charge < -0.3 is 10.6 Å². The zero-order valence-corrected chi connectivity index (χ0v) is 9.50. The first-order chi connectivity index (χ1) is 7.13. The van der Waals surface area contributed by atoms with Crippen molar-refractivity contribution in [3.05, 3.63) is 11.9 Å². The van der Waals surface area contributed by atoms with Crippen molar-refractivity contribution in [3.8, 4) is 0 Å². The van der Waals surface area contributed by atoms with Crippen LogP contribution in [0, 0.1) is 6.92 Å². The minimum atomic E-state index is 0.0204. The molecule has 0 aliphatic heterocycles. The molecular formula is C10H18N4O. The summed E-state index contributed by atoms with van der Waals surface area (Å²) in [5, 5.41) is 10.1. The molecule has 0 spiro atoms. The van der Waals surface area contributed by atoms with Gasteiger partial charge in [-0.05, 0) is 13.5 Å². The number of amides is 1. The molecule has 1 heterocycles. The minimum absolute atomic E-state index is 0.0204. The lowest BCUT2D eigenvalue weighted by molar-refractivity contribution is -0.116. The van der Waals surface area contributed by atoms with E-state index in [2.05, 4.69) is 15.7 Å². The largest absolute Gasteiger partial charge is 0.323 e. The molecule has 15 heavy (non-hydrogen) atoms. The Morgan fingerprint density at radius 3 is 2.87 bits per heavy atom. The van der Waals surface area contributed by atoms with Crippen molar-refractivity contribution in [2.45, 2.75) is 20.3 Å². The van der Waals surface area contributed by atoms with E-state index >= 15 is 0 Å². The second kappa shape index (κ2) is 5.50. The van der Waals surface area contributed by atoms with E-state index in [4.69, 9.17) is 0 Å². The molecule has 5 nitrogen and oxygen atoms in total. The van der Waals surface area contributed by atoms with Crippen LogP contribution in [0.1, 0.15) is 19.0 Å². The lowest BCUT2D eigenvalue weighted by Crippen LogP contribution is -2.21. The summed E-state index contributed by atoms with van der Waals surface area (Å²) >= 11 is 0. The quantitative estimate of drug-likeness (QED) is 0.702. The van der Waals surface area contributed by atoms with Crippen LogP contribution in [-0.2, 0) is 11.8 Å². The highest BCUT2D eigenvalue weighted by Crippen LogP contribution is 2.11. The first-order valence-corrected chi connectivity index (χ1v) is 5.14. The normalized spacial score (nSPS) is 10.3. The summed E-state index contributed by atoms with van der Waals surface area (Å²) < 4.78 is 1.69. The fourth-order valence-electron chi connectivity index (χ4n) is 1.31. The third kappa shape index (κ3) is 3.71. The number of anilines is 1. The predicted molar refractivity (Wildman–Crippen MR) is 59.7 cm³/mol. The molecule has 0 aliphatic carbocycles. The minimum Gasteiger partial charge on any atom is -0.323 e. The summed E-state index contributed by atoms with van der Waals surface area (Å²) in [4.78, 5) is 11.5. The van der Waals surface area contributed by atoms with Crippen molar-refractivity contribution in [3.63, 3.8) is 0 Å². The van der Waals surface area contributed by atoms with Crippen LogP contribution in [0.15, 0.2) is 6.20 Å². The number of rotatable bonds is 5. The van der Waals surface area contributed by atoms with Crippen molar-refractivity contribution >= 4 is 11.6 Å². The number of carbonyl (C=O) groups is 1. The fourth-order valence-corrected chi connectivity index (χ4v) is 1.31. The van der Waals surface area contributed by atoms with Gasteiger partial charge in [0.2, 0.25) is 5.91 Å². The molecule has 0 saturated carbocycles. The molecule has 0 bridgehead atoms. The molecule has 1 aromatic heterocycles. The van der Waals surface area contributed by atoms with Crippen molar-refractivity contribution in [1.82, 2.24) is 15.1 Å². The van der Waals surface area contributed by atoms with Crippen molar-refractivity contribution in [2.24, 2.45) is 7.05 Å². The smallest absolute Gasteiger partial charge is 0.225 e. The Bertz CT molecular complexity index is 332. The van der Waals surface area contributed by atoms with Gasteiger partial charge in [-0.1, -0.05) is 6.92 Å². The summed E-state index contributed by atoms with van der Waals surface area (Å²) in [6.07, 6.45) is 2.29. The summed E-state index contributed by atoms with van der Waals surface area (Å²) in [7, 11) is 1.83. The third-order valence-corrected chi connectivity index (χ3v) is 2.07. The van der Waals surface area contributed by atoms with Crippen molar-refractivity contribution in [2.75, 3.05) is 18.4 Å². The number of aryl methyl sites for hydroxylation is 2. The van der Waals surface area contributed by atoms with E-state index in [0.717, 1.165) is 17.9 Å². The summed E-state index contributed by atoms with van der Waals surface area (Å²) in [6.45, 7) is 5.49. The zero-order chi connectivity index (χ0) is 11.3. The highest BCUT2D eigenvalue weighted by Gasteiger charge is 2.06. The maximum Gasteiger partial charge on any atom is 0.225 e. The van der Waals surface area contributed by atoms with Crippen molar-refractivity contribution in [1.29, 1.82) is 0 Å². The Morgan fingerprint density at radius 1 is 1.60 bits per heavy atom. The van der Waals surface area contributed by atoms with E-state index in [1.165, 1.54) is 0 Å². The van der Waals surface area contributed by atoms with Gasteiger partial charge in [0.15, 0.2) is 0 Å². The molecule has 5 heteroatoms. The second-order valence-electron chi connectivity index (χ2n) is 3.45. The highest BCUT2D eigenvalue weighted by molar-refractivity contribution is 5.91. The SMILES string of the molecule is CCNCCC(=O)Nc1cn(C)nc1C. The van der Waals surface area contributed by atoms with Gasteiger partial charge in [0.1, 0.15) is 0 Å². The number of hydrogen-bond donors (Lipinski definition) is 2. The van der Waals surface area contributed by atoms with Gasteiger partial charge in [0.25, 0.3) is 0 Å². The molecule has 0 atom stereocenters. The van der Waals surface area contributed by atoms with Crippen LogP contribution in [0.4, 0.5) is 5.69 Å². The monoisotopic (exact) mass is 210 g/mol. The first kappa shape index (κ1) is 11.7. The molecule has 0 unspecified atom stereocenters. The highest BCUT2D eigenvalue weighted by atomic mass is 16.1. The first-order valence-electron chi connectivity index (χ1n) is 5.14. The number of aromatic nitrogens is 2. The fraction of sp³-hybridized carbons (Fsp3) is 0.600. The van der Waals surface area contributed by atoms with Crippen LogP contribution >= 0.6 is 0 Å². The van der Waals surface area contributed by atoms with E-state index in [1.807, 2.05) is 20.9 Å². The number of nitrogens with zero attached hydrogens (tertiary/aromatic N) is 2. The van der Waals surface area contributed by atoms with Crippen molar-refractivity contribution < 1.29 is 4.79 Å². The molecule has 1 aromatic rings. The van der Waals surface area contributed by atoms with Crippen LogP contribution in [0.2, 0.25) is 0 Å². The Hall–Kier alpha value is -1.36. The van der Waals surface area contributed by atoms with Crippen LogP contribution in [0.25, 0.3) is 0 Å². The molecule has 0 aliphatic rings. The Morgan fingerprint density at radius 2 is 2.33 bits per heavy atom. The van der Waals surface area contributed by atoms with Gasteiger partial charge in [-0.2, -0.15) is 5.10 Å². The molecule has 84 valence electrons. The summed E-state index contributed by atoms with van der Waals surface area (Å²) in [5.74, 6) is 0.0204. The maximum atomic E-state index is 11.5. The lowest BCUT2D eigenvalue weighted by atomic mass is 10.3. The van der Waals surface area contributed by atoms with Gasteiger partial charge in [0.05, 0.1) is 11.4 Å². The standard InChI is InChI=1S/C10H18N4O/c1-4-11-6-5-10(15)12-9-7-14(3)13-8(9)2/h7,11H,4-6H2,1-3H3,(H,12,15). The van der Waals surface area contributed by atoms with Crippen LogP contribution < -0.4 is 10.6 Å². The van der Waals surface area contributed by atoms with Gasteiger partial charge >= 0.3 is 0 Å². The number of nitrogens with one attached hydrogen (secondary N) is 2. The van der Waals surface area contributed by atoms with Crippen LogP contribution in [0.5, 0.6) is 0 Å². The topological polar surface area (TPSA) is 59.0 Å². The third-order valence-electron chi connectivity index (χ3n) is 2.07. The van der Waals surface area contributed by atoms with Gasteiger partial charge in [0, 0.05) is 26.2 Å². The molecule has 0 saturated heterocycles. The number of hydrogen-bond acceptors (Lipinski definition) is 3. The van der Waals surface area contributed by atoms with Gasteiger partial charge in [-0.3, -0.25) is 9.48 Å². The average Bonchev–Trinajstić information content (AvgIpc) is 2.45. The Balaban J connectivity index is 2.41. The van der Waals surface area contributed by atoms with Gasteiger partial charge in [-0.25, -0.2) is 0 Å². The average molecular weight is 210 g/mol. The second-order valence-corrected chi connectivity index (χ2v) is 3.45. The lowest BCUT2D eigenvalue weighted by Gasteiger charge is -2.03. The van der Waals surface area contributed by atoms with E-state index in [0.29, 0.717) is 13.0 Å². The molecule has 0 fully saturated rings. The van der Waals surface area contributed by atoms with Crippen LogP contribution in [-0.4, -0.2) is 28.8 Å². The summed E-state index contributed by atoms with van der Waals surface area (Å²) in [5.41, 5.74) is 1.63. The summed E-state index contributed by atoms with van der Waals surface area (Å²) in [6, 6.07) is 0. The molecule has 1 amide bonds. The molecular weight excluding hydrogens is 192 g/mol. The maximum absolute atomic E-state index is 11.5. The Kier molecular flexibility index (Phi) is 4.30. The van der Waals surface area contributed by atoms with E-state index in [9.17, 15) is 4.79 Å². The van der Waals surface area contributed by atoms with E-state index < -0.39 is 0 Å². The van der Waals surface area contributed by atoms with E-state index in [-0.39, 0.29) is 5.91 Å². The van der Waals surface area contributed by atoms with E-state index in [1.54, 1.807) is 10.9 Å². The molecule has 0 radical (unpaired) electrons. The predicted octanol–water partition coefficient (Wildman–Crippen LogP) is 0.667. The zero-order valence-electron chi connectivity index (χ0n) is 9.50. The van der Waals surface area contributed by atoms with Crippen LogP contribution in [0.3, 0.4) is 0 Å². The molecule has 2 N–H and O–H groups in total. The molecule has 1 rings (SSSR count). The Labute approximate surface area is 89.9 Å². The van der Waals surface area contributed by atoms with Gasteiger partial charge in [-0.15, -0.1) is 0 Å².